The molecule has 28 heavy (non-hydrogen) atoms. The smallest absolute Gasteiger partial charge is 0.407 e. The highest BCUT2D eigenvalue weighted by molar-refractivity contribution is 7.80. The molecular weight excluding hydrogens is 378 g/mol. The summed E-state index contributed by atoms with van der Waals surface area (Å²) in [5, 5.41) is 16.1. The number of amides is 1. The summed E-state index contributed by atoms with van der Waals surface area (Å²) in [7, 11) is 1.33. The summed E-state index contributed by atoms with van der Waals surface area (Å²) in [4.78, 5) is 25.5. The number of ether oxygens (including phenoxy) is 1. The molecule has 1 aliphatic heterocycles. The van der Waals surface area contributed by atoms with Gasteiger partial charge in [-0.1, -0.05) is 51.1 Å². The zero-order valence-corrected chi connectivity index (χ0v) is 17.6. The molecule has 1 saturated heterocycles. The van der Waals surface area contributed by atoms with E-state index in [0.29, 0.717) is 13.1 Å². The predicted molar refractivity (Wildman–Crippen MR) is 111 cm³/mol. The first-order valence-electron chi connectivity index (χ1n) is 9.30. The van der Waals surface area contributed by atoms with Crippen molar-refractivity contribution in [3.05, 3.63) is 35.9 Å². The van der Waals surface area contributed by atoms with E-state index in [1.807, 2.05) is 51.1 Å². The Hall–Kier alpha value is -2.35. The van der Waals surface area contributed by atoms with Crippen LogP contribution in [0.15, 0.2) is 30.3 Å². The third-order valence-corrected chi connectivity index (χ3v) is 5.76. The van der Waals surface area contributed by atoms with Gasteiger partial charge in [-0.2, -0.15) is 0 Å². The monoisotopic (exact) mass is 407 g/mol. The minimum atomic E-state index is -0.926. The van der Waals surface area contributed by atoms with Crippen LogP contribution in [-0.4, -0.2) is 52.9 Å². The lowest BCUT2D eigenvalue weighted by atomic mass is 9.71. The van der Waals surface area contributed by atoms with Gasteiger partial charge in [-0.15, -0.1) is 0 Å². The first kappa shape index (κ1) is 21.9. The molecule has 3 N–H and O–H groups in total. The Bertz CT molecular complexity index is 720. The average molecular weight is 408 g/mol. The minimum absolute atomic E-state index is 0.278. The van der Waals surface area contributed by atoms with Gasteiger partial charge in [0.1, 0.15) is 0 Å². The summed E-state index contributed by atoms with van der Waals surface area (Å²) in [6, 6.07) is 8.43. The number of nitrogens with one attached hydrogen (secondary N) is 2. The highest BCUT2D eigenvalue weighted by atomic mass is 32.1. The Labute approximate surface area is 171 Å². The SMILES string of the molecule is COC(=O)[C@@H](NC(=S)NC[C@@]1(C(C)(C)C)CCCN1C(=O)O)c1ccccc1. The lowest BCUT2D eigenvalue weighted by Gasteiger charge is -2.47. The molecule has 1 fully saturated rings. The van der Waals surface area contributed by atoms with Gasteiger partial charge in [0, 0.05) is 13.1 Å². The quantitative estimate of drug-likeness (QED) is 0.511. The second-order valence-electron chi connectivity index (χ2n) is 8.01. The molecule has 2 atom stereocenters. The predicted octanol–water partition coefficient (Wildman–Crippen LogP) is 2.92. The number of methoxy groups -OCH3 is 1. The van der Waals surface area contributed by atoms with Gasteiger partial charge in [-0.25, -0.2) is 9.59 Å². The van der Waals surface area contributed by atoms with Gasteiger partial charge in [0.25, 0.3) is 0 Å². The summed E-state index contributed by atoms with van der Waals surface area (Å²) in [6.45, 7) is 6.97. The fourth-order valence-corrected chi connectivity index (χ4v) is 4.03. The molecule has 1 aliphatic rings. The molecule has 0 aliphatic carbocycles. The zero-order chi connectivity index (χ0) is 20.9. The van der Waals surface area contributed by atoms with Crippen LogP contribution in [0.3, 0.4) is 0 Å². The van der Waals surface area contributed by atoms with Crippen LogP contribution in [0, 0.1) is 5.41 Å². The van der Waals surface area contributed by atoms with Gasteiger partial charge < -0.3 is 25.4 Å². The number of likely N-dealkylation sites (tertiary alicyclic amines) is 1. The number of benzene rings is 1. The van der Waals surface area contributed by atoms with Crippen LogP contribution in [0.5, 0.6) is 0 Å². The van der Waals surface area contributed by atoms with Crippen molar-refractivity contribution in [3.63, 3.8) is 0 Å². The molecule has 7 nitrogen and oxygen atoms in total. The summed E-state index contributed by atoms with van der Waals surface area (Å²) in [6.07, 6.45) is 0.627. The molecule has 1 aromatic carbocycles. The van der Waals surface area contributed by atoms with E-state index in [0.717, 1.165) is 18.4 Å². The van der Waals surface area contributed by atoms with E-state index >= 15 is 0 Å². The van der Waals surface area contributed by atoms with Gasteiger partial charge in [-0.3, -0.25) is 0 Å². The van der Waals surface area contributed by atoms with Crippen LogP contribution in [0.1, 0.15) is 45.2 Å². The van der Waals surface area contributed by atoms with E-state index in [9.17, 15) is 14.7 Å². The molecule has 0 spiro atoms. The first-order valence-corrected chi connectivity index (χ1v) is 9.71. The Morgan fingerprint density at radius 1 is 1.32 bits per heavy atom. The van der Waals surface area contributed by atoms with Crippen LogP contribution in [0.25, 0.3) is 0 Å². The number of nitrogens with zero attached hydrogens (tertiary/aromatic N) is 1. The Morgan fingerprint density at radius 2 is 1.96 bits per heavy atom. The van der Waals surface area contributed by atoms with E-state index < -0.39 is 23.6 Å². The van der Waals surface area contributed by atoms with E-state index in [1.165, 1.54) is 12.0 Å². The van der Waals surface area contributed by atoms with Crippen LogP contribution in [-0.2, 0) is 9.53 Å². The zero-order valence-electron chi connectivity index (χ0n) is 16.8. The maximum atomic E-state index is 12.2. The first-order chi connectivity index (χ1) is 13.1. The number of rotatable bonds is 5. The van der Waals surface area contributed by atoms with Crippen LogP contribution in [0.2, 0.25) is 0 Å². The molecule has 8 heteroatoms. The summed E-state index contributed by atoms with van der Waals surface area (Å²) < 4.78 is 4.89. The third kappa shape index (κ3) is 4.55. The van der Waals surface area contributed by atoms with Crippen molar-refractivity contribution in [1.29, 1.82) is 0 Å². The normalized spacial score (nSPS) is 20.4. The molecule has 154 valence electrons. The van der Waals surface area contributed by atoms with Crippen molar-refractivity contribution in [1.82, 2.24) is 15.5 Å². The van der Waals surface area contributed by atoms with Crippen molar-refractivity contribution in [3.8, 4) is 0 Å². The second kappa shape index (κ2) is 8.77. The fraction of sp³-hybridized carbons (Fsp3) is 0.550. The van der Waals surface area contributed by atoms with Gasteiger partial charge in [0.15, 0.2) is 11.2 Å². The Balaban J connectivity index is 2.14. The number of hydrogen-bond donors (Lipinski definition) is 3. The van der Waals surface area contributed by atoms with E-state index in [4.69, 9.17) is 17.0 Å². The summed E-state index contributed by atoms with van der Waals surface area (Å²) in [5.41, 5.74) is -0.138. The maximum Gasteiger partial charge on any atom is 0.407 e. The highest BCUT2D eigenvalue weighted by Gasteiger charge is 2.51. The number of thiocarbonyl (C=S) groups is 1. The van der Waals surface area contributed by atoms with Crippen molar-refractivity contribution < 1.29 is 19.4 Å². The molecule has 1 amide bonds. The van der Waals surface area contributed by atoms with Crippen LogP contribution < -0.4 is 10.6 Å². The molecule has 0 radical (unpaired) electrons. The molecule has 0 bridgehead atoms. The molecular formula is C20H29N3O4S. The third-order valence-electron chi connectivity index (χ3n) is 5.50. The number of esters is 1. The lowest BCUT2D eigenvalue weighted by molar-refractivity contribution is -0.142. The van der Waals surface area contributed by atoms with Gasteiger partial charge in [0.05, 0.1) is 12.6 Å². The van der Waals surface area contributed by atoms with Crippen molar-refractivity contribution in [2.75, 3.05) is 20.2 Å². The van der Waals surface area contributed by atoms with E-state index in [-0.39, 0.29) is 10.5 Å². The number of carbonyl (C=O) groups excluding carboxylic acids is 1. The molecule has 0 unspecified atom stereocenters. The van der Waals surface area contributed by atoms with Crippen molar-refractivity contribution in [2.45, 2.75) is 45.2 Å². The fourth-order valence-electron chi connectivity index (χ4n) is 3.84. The molecule has 1 heterocycles. The average Bonchev–Trinajstić information content (AvgIpc) is 3.10. The second-order valence-corrected chi connectivity index (χ2v) is 8.42. The van der Waals surface area contributed by atoms with Gasteiger partial charge in [-0.05, 0) is 36.0 Å². The Morgan fingerprint density at radius 3 is 2.50 bits per heavy atom. The standard InChI is InChI=1S/C20H29N3O4S/c1-19(2,3)20(11-8-12-23(20)18(25)26)13-21-17(28)22-15(16(24)27-4)14-9-6-5-7-10-14/h5-7,9-10,15H,8,11-13H2,1-4H3,(H,25,26)(H2,21,22,28)/t15-,20+/m0/s1. The van der Waals surface area contributed by atoms with E-state index in [2.05, 4.69) is 10.6 Å². The summed E-state index contributed by atoms with van der Waals surface area (Å²) in [5.74, 6) is -0.450. The molecule has 0 aromatic heterocycles. The van der Waals surface area contributed by atoms with Crippen molar-refractivity contribution >= 4 is 29.4 Å². The molecule has 1 aromatic rings. The van der Waals surface area contributed by atoms with E-state index in [1.54, 1.807) is 0 Å². The highest BCUT2D eigenvalue weighted by Crippen LogP contribution is 2.43. The lowest BCUT2D eigenvalue weighted by Crippen LogP contribution is -2.62. The summed E-state index contributed by atoms with van der Waals surface area (Å²) >= 11 is 5.41. The maximum absolute atomic E-state index is 12.2. The van der Waals surface area contributed by atoms with Gasteiger partial charge in [0.2, 0.25) is 0 Å². The van der Waals surface area contributed by atoms with Gasteiger partial charge >= 0.3 is 12.1 Å². The molecule has 0 saturated carbocycles. The van der Waals surface area contributed by atoms with Crippen LogP contribution in [0.4, 0.5) is 4.79 Å². The number of carboxylic acid groups (broad SMARTS) is 1. The minimum Gasteiger partial charge on any atom is -0.467 e. The number of carbonyl (C=O) groups is 2. The van der Waals surface area contributed by atoms with Crippen molar-refractivity contribution in [2.24, 2.45) is 5.41 Å². The van der Waals surface area contributed by atoms with Crippen LogP contribution >= 0.6 is 12.2 Å². The largest absolute Gasteiger partial charge is 0.467 e. The molecule has 2 rings (SSSR count). The Kier molecular flexibility index (Phi) is 6.87. The number of hydrogen-bond acceptors (Lipinski definition) is 4. The topological polar surface area (TPSA) is 90.9 Å².